The number of hydrogen-bond acceptors (Lipinski definition) is 11. The highest BCUT2D eigenvalue weighted by Gasteiger charge is 2.15. The minimum absolute atomic E-state index is 0. The fraction of sp³-hybridized carbons (Fsp3) is 0.333. The first-order valence-electron chi connectivity index (χ1n) is 10.9. The Morgan fingerprint density at radius 3 is 1.58 bits per heavy atom. The van der Waals surface area contributed by atoms with Crippen molar-refractivity contribution in [2.75, 3.05) is 19.8 Å². The van der Waals surface area contributed by atoms with Gasteiger partial charge in [0, 0.05) is 36.8 Å². The molecule has 1 unspecified atom stereocenters. The smallest absolute Gasteiger partial charge is 0.338 e. The van der Waals surface area contributed by atoms with Crippen LogP contribution < -0.4 is 0 Å². The molecule has 0 aromatic heterocycles. The summed E-state index contributed by atoms with van der Waals surface area (Å²) in [5, 5.41) is 20.9. The molecule has 13 nitrogen and oxygen atoms in total. The van der Waals surface area contributed by atoms with Gasteiger partial charge in [0.25, 0.3) is 11.4 Å². The van der Waals surface area contributed by atoms with Crippen LogP contribution in [0.2, 0.25) is 0 Å². The summed E-state index contributed by atoms with van der Waals surface area (Å²) in [4.78, 5) is 63.4. The Morgan fingerprint density at radius 2 is 1.18 bits per heavy atom. The van der Waals surface area contributed by atoms with Gasteiger partial charge < -0.3 is 14.2 Å². The molecule has 1 atom stereocenters. The van der Waals surface area contributed by atoms with Gasteiger partial charge in [0.1, 0.15) is 6.42 Å². The SMILES string of the molecule is CCOC(=O)CC(=O)c1cccc([N+](=O)[O-])c1.CCOC(=O)c1cccc([N+](=O)[O-])c1.CCOC(C)=O.P. The highest BCUT2D eigenvalue weighted by molar-refractivity contribution is 6.92. The molecule has 14 heteroatoms. The Hall–Kier alpha value is -4.25. The number of nitrogens with zero attached hydrogens (tertiary/aromatic N) is 2. The second-order valence-corrected chi connectivity index (χ2v) is 6.66. The lowest BCUT2D eigenvalue weighted by Crippen LogP contribution is -2.11. The van der Waals surface area contributed by atoms with E-state index in [-0.39, 0.29) is 51.6 Å². The van der Waals surface area contributed by atoms with Crippen molar-refractivity contribution in [3.8, 4) is 0 Å². The molecule has 0 amide bonds. The maximum Gasteiger partial charge on any atom is 0.338 e. The maximum absolute atomic E-state index is 11.6. The average Bonchev–Trinajstić information content (AvgIpc) is 2.85. The zero-order valence-electron chi connectivity index (χ0n) is 21.5. The Labute approximate surface area is 222 Å². The van der Waals surface area contributed by atoms with E-state index in [1.54, 1.807) is 20.8 Å². The van der Waals surface area contributed by atoms with Crippen LogP contribution >= 0.6 is 9.90 Å². The number of non-ortho nitro benzene ring substituents is 2. The monoisotopic (exact) mass is 554 g/mol. The third-order valence-corrected chi connectivity index (χ3v) is 3.90. The van der Waals surface area contributed by atoms with Crippen LogP contribution in [0.15, 0.2) is 48.5 Å². The summed E-state index contributed by atoms with van der Waals surface area (Å²) in [6.07, 6.45) is -0.408. The number of rotatable bonds is 9. The van der Waals surface area contributed by atoms with Gasteiger partial charge in [0.15, 0.2) is 5.78 Å². The van der Waals surface area contributed by atoms with Gasteiger partial charge in [-0.1, -0.05) is 18.2 Å². The molecule has 208 valence electrons. The van der Waals surface area contributed by atoms with E-state index in [9.17, 15) is 39.4 Å². The van der Waals surface area contributed by atoms with Gasteiger partial charge in [0.05, 0.1) is 35.2 Å². The van der Waals surface area contributed by atoms with Crippen LogP contribution in [0.4, 0.5) is 11.4 Å². The topological polar surface area (TPSA) is 182 Å². The van der Waals surface area contributed by atoms with Crippen LogP contribution in [-0.4, -0.2) is 53.4 Å². The van der Waals surface area contributed by atoms with E-state index in [0.717, 1.165) is 6.07 Å². The number of benzene rings is 2. The predicted octanol–water partition coefficient (Wildman–Crippen LogP) is 4.13. The normalized spacial score (nSPS) is 9.05. The third-order valence-electron chi connectivity index (χ3n) is 3.90. The van der Waals surface area contributed by atoms with Gasteiger partial charge in [-0.3, -0.25) is 34.6 Å². The zero-order chi connectivity index (χ0) is 28.4. The summed E-state index contributed by atoms with van der Waals surface area (Å²) >= 11 is 0. The summed E-state index contributed by atoms with van der Waals surface area (Å²) in [5.41, 5.74) is 0.0311. The van der Waals surface area contributed by atoms with Gasteiger partial charge in [-0.25, -0.2) is 4.79 Å². The number of carbonyl (C=O) groups excluding carboxylic acids is 4. The Bertz CT molecular complexity index is 1110. The Balaban J connectivity index is 0. The number of Topliss-reactive ketones (excluding diaryl/α,β-unsaturated/α-hetero) is 1. The fourth-order valence-electron chi connectivity index (χ4n) is 2.40. The van der Waals surface area contributed by atoms with E-state index >= 15 is 0 Å². The van der Waals surface area contributed by atoms with Crippen molar-refractivity contribution in [1.82, 2.24) is 0 Å². The molecular weight excluding hydrogens is 523 g/mol. The molecule has 0 fully saturated rings. The molecule has 2 rings (SSSR count). The molecule has 0 N–H and O–H groups in total. The van der Waals surface area contributed by atoms with Crippen molar-refractivity contribution in [1.29, 1.82) is 0 Å². The average molecular weight is 554 g/mol. The summed E-state index contributed by atoms with van der Waals surface area (Å²) in [7, 11) is 0. The van der Waals surface area contributed by atoms with E-state index in [0.29, 0.717) is 6.61 Å². The van der Waals surface area contributed by atoms with E-state index in [1.807, 2.05) is 0 Å². The van der Waals surface area contributed by atoms with Crippen molar-refractivity contribution in [2.45, 2.75) is 34.1 Å². The van der Waals surface area contributed by atoms with Crippen LogP contribution in [0, 0.1) is 20.2 Å². The Kier molecular flexibility index (Phi) is 18.8. The summed E-state index contributed by atoms with van der Waals surface area (Å²) < 4.78 is 13.7. The quantitative estimate of drug-likeness (QED) is 0.0826. The van der Waals surface area contributed by atoms with E-state index in [2.05, 4.69) is 9.47 Å². The highest BCUT2D eigenvalue weighted by atomic mass is 31.0. The first-order valence-corrected chi connectivity index (χ1v) is 10.9. The number of ketones is 1. The van der Waals surface area contributed by atoms with Crippen LogP contribution in [0.1, 0.15) is 54.8 Å². The largest absolute Gasteiger partial charge is 0.466 e. The molecule has 0 aliphatic rings. The van der Waals surface area contributed by atoms with Gasteiger partial charge in [-0.15, -0.1) is 0 Å². The van der Waals surface area contributed by atoms with Gasteiger partial charge in [-0.2, -0.15) is 9.90 Å². The van der Waals surface area contributed by atoms with Crippen molar-refractivity contribution in [3.05, 3.63) is 79.9 Å². The van der Waals surface area contributed by atoms with Crippen LogP contribution in [0.25, 0.3) is 0 Å². The summed E-state index contributed by atoms with van der Waals surface area (Å²) in [6, 6.07) is 10.7. The zero-order valence-corrected chi connectivity index (χ0v) is 23.0. The number of ether oxygens (including phenoxy) is 3. The summed E-state index contributed by atoms with van der Waals surface area (Å²) in [5.74, 6) is -1.88. The van der Waals surface area contributed by atoms with E-state index < -0.39 is 34.0 Å². The number of nitro benzene ring substituents is 2. The van der Waals surface area contributed by atoms with Crippen LogP contribution in [-0.2, 0) is 23.8 Å². The molecule has 38 heavy (non-hydrogen) atoms. The second-order valence-electron chi connectivity index (χ2n) is 6.66. The van der Waals surface area contributed by atoms with Crippen molar-refractivity contribution in [3.63, 3.8) is 0 Å². The van der Waals surface area contributed by atoms with Crippen LogP contribution in [0.5, 0.6) is 0 Å². The number of nitro groups is 2. The maximum atomic E-state index is 11.6. The molecular formula is C24H31N2O11P. The standard InChI is InChI=1S/C11H11NO5.C9H9NO4.C4H8O2.H3P/c1-2-17-11(14)7-10(13)8-4-3-5-9(6-8)12(15)16;1-2-14-9(11)7-4-3-5-8(6-7)10(12)13;1-3-6-4(2)5;/h3-6H,2,7H2,1H3;3-6H,2H2,1H3;3H2,1-2H3;1H3. The summed E-state index contributed by atoms with van der Waals surface area (Å²) in [6.45, 7) is 7.41. The molecule has 0 radical (unpaired) electrons. The number of carbonyl (C=O) groups is 4. The highest BCUT2D eigenvalue weighted by Crippen LogP contribution is 2.15. The van der Waals surface area contributed by atoms with Crippen molar-refractivity contribution < 1.29 is 43.2 Å². The number of esters is 3. The molecule has 0 bridgehead atoms. The van der Waals surface area contributed by atoms with Gasteiger partial charge >= 0.3 is 17.9 Å². The number of hydrogen-bond donors (Lipinski definition) is 0. The molecule has 0 aliphatic heterocycles. The molecule has 0 saturated carbocycles. The molecule has 0 saturated heterocycles. The predicted molar refractivity (Wildman–Crippen MR) is 141 cm³/mol. The third kappa shape index (κ3) is 15.0. The van der Waals surface area contributed by atoms with Gasteiger partial charge in [0.2, 0.25) is 0 Å². The molecule has 2 aromatic rings. The molecule has 2 aromatic carbocycles. The lowest BCUT2D eigenvalue weighted by atomic mass is 10.1. The van der Waals surface area contributed by atoms with E-state index in [1.165, 1.54) is 49.4 Å². The lowest BCUT2D eigenvalue weighted by Gasteiger charge is -2.01. The van der Waals surface area contributed by atoms with E-state index in [4.69, 9.17) is 4.74 Å². The van der Waals surface area contributed by atoms with Crippen LogP contribution in [0.3, 0.4) is 0 Å². The first-order chi connectivity index (χ1) is 17.5. The molecule has 0 heterocycles. The fourth-order valence-corrected chi connectivity index (χ4v) is 2.40. The minimum atomic E-state index is -0.635. The Morgan fingerprint density at radius 1 is 0.737 bits per heavy atom. The first kappa shape index (κ1) is 35.9. The minimum Gasteiger partial charge on any atom is -0.466 e. The van der Waals surface area contributed by atoms with Crippen molar-refractivity contribution in [2.24, 2.45) is 0 Å². The van der Waals surface area contributed by atoms with Gasteiger partial charge in [-0.05, 0) is 26.8 Å². The molecule has 0 spiro atoms. The molecule has 0 aliphatic carbocycles. The lowest BCUT2D eigenvalue weighted by molar-refractivity contribution is -0.385. The van der Waals surface area contributed by atoms with Crippen molar-refractivity contribution >= 4 is 45.0 Å². The second kappa shape index (κ2) is 19.9.